The Hall–Kier alpha value is -2.37. The first-order valence-electron chi connectivity index (χ1n) is 11.9. The van der Waals surface area contributed by atoms with Crippen LogP contribution >= 0.6 is 11.6 Å². The van der Waals surface area contributed by atoms with E-state index >= 15 is 0 Å². The van der Waals surface area contributed by atoms with Crippen LogP contribution in [0.1, 0.15) is 44.9 Å². The third-order valence-corrected chi connectivity index (χ3v) is 6.44. The second-order valence-electron chi connectivity index (χ2n) is 8.66. The van der Waals surface area contributed by atoms with E-state index in [2.05, 4.69) is 22.3 Å². The molecule has 1 saturated heterocycles. The first-order valence-corrected chi connectivity index (χ1v) is 12.3. The summed E-state index contributed by atoms with van der Waals surface area (Å²) in [6, 6.07) is 16.0. The summed E-state index contributed by atoms with van der Waals surface area (Å²) in [6.45, 7) is 4.97. The Labute approximate surface area is 195 Å². The number of amides is 1. The molecule has 1 amide bonds. The van der Waals surface area contributed by atoms with Crippen molar-refractivity contribution in [2.24, 2.45) is 0 Å². The minimum atomic E-state index is 0.128. The van der Waals surface area contributed by atoms with Crippen molar-refractivity contribution in [3.63, 3.8) is 0 Å². The highest BCUT2D eigenvalue weighted by Gasteiger charge is 2.13. The summed E-state index contributed by atoms with van der Waals surface area (Å²) in [6.07, 6.45) is 7.64. The molecule has 2 heterocycles. The molecule has 1 aliphatic rings. The molecule has 1 aromatic heterocycles. The number of nitrogens with one attached hydrogen (secondary N) is 1. The van der Waals surface area contributed by atoms with Gasteiger partial charge < -0.3 is 10.2 Å². The largest absolute Gasteiger partial charge is 0.356 e. The summed E-state index contributed by atoms with van der Waals surface area (Å²) in [5, 5.41) is 9.69. The van der Waals surface area contributed by atoms with Gasteiger partial charge in [-0.3, -0.25) is 9.48 Å². The average Bonchev–Trinajstić information content (AvgIpc) is 2.97. The molecular weight excluding hydrogens is 420 g/mol. The van der Waals surface area contributed by atoms with Crippen LogP contribution in [0.5, 0.6) is 0 Å². The second kappa shape index (κ2) is 11.5. The fourth-order valence-corrected chi connectivity index (χ4v) is 4.67. The Bertz CT molecular complexity index is 1010. The van der Waals surface area contributed by atoms with Gasteiger partial charge in [-0.15, -0.1) is 0 Å². The molecule has 0 spiro atoms. The first kappa shape index (κ1) is 22.8. The van der Waals surface area contributed by atoms with Crippen LogP contribution in [0, 0.1) is 0 Å². The van der Waals surface area contributed by atoms with E-state index in [-0.39, 0.29) is 5.91 Å². The van der Waals surface area contributed by atoms with E-state index in [4.69, 9.17) is 16.7 Å². The van der Waals surface area contributed by atoms with Gasteiger partial charge in [0.2, 0.25) is 5.91 Å². The summed E-state index contributed by atoms with van der Waals surface area (Å²) in [5.74, 6) is 0.128. The minimum Gasteiger partial charge on any atom is -0.356 e. The predicted octanol–water partition coefficient (Wildman–Crippen LogP) is 5.52. The smallest absolute Gasteiger partial charge is 0.220 e. The van der Waals surface area contributed by atoms with Crippen LogP contribution in [0.2, 0.25) is 5.02 Å². The van der Waals surface area contributed by atoms with E-state index in [0.29, 0.717) is 18.0 Å². The van der Waals surface area contributed by atoms with Crippen LogP contribution < -0.4 is 5.32 Å². The lowest BCUT2D eigenvalue weighted by Crippen LogP contribution is -2.30. The van der Waals surface area contributed by atoms with Gasteiger partial charge in [0.15, 0.2) is 0 Å². The van der Waals surface area contributed by atoms with E-state index in [1.54, 1.807) is 0 Å². The molecule has 5 nitrogen and oxygen atoms in total. The third kappa shape index (κ3) is 6.11. The van der Waals surface area contributed by atoms with Crippen molar-refractivity contribution in [1.82, 2.24) is 20.0 Å². The number of likely N-dealkylation sites (tertiary alicyclic amines) is 1. The number of halogens is 1. The predicted molar refractivity (Wildman–Crippen MR) is 132 cm³/mol. The van der Waals surface area contributed by atoms with E-state index in [1.165, 1.54) is 38.8 Å². The van der Waals surface area contributed by atoms with Crippen molar-refractivity contribution in [3.05, 3.63) is 53.6 Å². The Morgan fingerprint density at radius 1 is 0.969 bits per heavy atom. The lowest BCUT2D eigenvalue weighted by atomic mass is 10.1. The summed E-state index contributed by atoms with van der Waals surface area (Å²) < 4.78 is 2.00. The number of aromatic nitrogens is 2. The van der Waals surface area contributed by atoms with Crippen molar-refractivity contribution >= 4 is 28.4 Å². The molecule has 0 saturated carbocycles. The summed E-state index contributed by atoms with van der Waals surface area (Å²) in [4.78, 5) is 14.8. The van der Waals surface area contributed by atoms with Crippen molar-refractivity contribution in [2.45, 2.75) is 51.5 Å². The highest BCUT2D eigenvalue weighted by molar-refractivity contribution is 6.31. The Balaban J connectivity index is 1.27. The maximum Gasteiger partial charge on any atom is 0.220 e. The number of fused-ring (bicyclic) bond motifs is 1. The standard InChI is InChI=1S/C26H33ClN4O/c27-22-13-14-24-23(20-22)26(21-10-4-3-5-11-21)29-31(24)19-8-12-25(32)28-15-9-18-30-16-6-1-2-7-17-30/h3-5,10-11,13-14,20H,1-2,6-9,12,15-19H2,(H,28,32). The summed E-state index contributed by atoms with van der Waals surface area (Å²) in [7, 11) is 0. The van der Waals surface area contributed by atoms with Gasteiger partial charge in [0.1, 0.15) is 5.69 Å². The Kier molecular flexibility index (Phi) is 8.18. The van der Waals surface area contributed by atoms with Crippen molar-refractivity contribution in [1.29, 1.82) is 0 Å². The number of hydrogen-bond acceptors (Lipinski definition) is 3. The van der Waals surface area contributed by atoms with Gasteiger partial charge in [-0.25, -0.2) is 0 Å². The maximum absolute atomic E-state index is 12.3. The fraction of sp³-hybridized carbons (Fsp3) is 0.462. The van der Waals surface area contributed by atoms with Gasteiger partial charge in [0, 0.05) is 35.5 Å². The molecule has 1 aliphatic heterocycles. The molecule has 0 unspecified atom stereocenters. The molecule has 170 valence electrons. The minimum absolute atomic E-state index is 0.128. The van der Waals surface area contributed by atoms with Crippen molar-refractivity contribution in [2.75, 3.05) is 26.2 Å². The molecule has 0 bridgehead atoms. The highest BCUT2D eigenvalue weighted by atomic mass is 35.5. The van der Waals surface area contributed by atoms with Crippen LogP contribution in [-0.2, 0) is 11.3 Å². The molecule has 0 radical (unpaired) electrons. The summed E-state index contributed by atoms with van der Waals surface area (Å²) in [5.41, 5.74) is 3.05. The van der Waals surface area contributed by atoms with Gasteiger partial charge in [0.25, 0.3) is 0 Å². The van der Waals surface area contributed by atoms with Gasteiger partial charge in [0.05, 0.1) is 5.52 Å². The molecule has 1 N–H and O–H groups in total. The lowest BCUT2D eigenvalue weighted by Gasteiger charge is -2.19. The van der Waals surface area contributed by atoms with E-state index in [0.717, 1.165) is 48.1 Å². The van der Waals surface area contributed by atoms with Crippen LogP contribution in [-0.4, -0.2) is 46.8 Å². The Morgan fingerprint density at radius 2 is 1.75 bits per heavy atom. The van der Waals surface area contributed by atoms with E-state index in [9.17, 15) is 4.79 Å². The quantitative estimate of drug-likeness (QED) is 0.435. The number of carbonyl (C=O) groups excluding carboxylic acids is 1. The maximum atomic E-state index is 12.3. The molecular formula is C26H33ClN4O. The zero-order valence-corrected chi connectivity index (χ0v) is 19.5. The molecule has 2 aromatic carbocycles. The fourth-order valence-electron chi connectivity index (χ4n) is 4.50. The van der Waals surface area contributed by atoms with Crippen LogP contribution in [0.3, 0.4) is 0 Å². The van der Waals surface area contributed by atoms with Gasteiger partial charge in [-0.1, -0.05) is 54.8 Å². The van der Waals surface area contributed by atoms with Gasteiger partial charge >= 0.3 is 0 Å². The van der Waals surface area contributed by atoms with Crippen LogP contribution in [0.15, 0.2) is 48.5 Å². The average molecular weight is 453 g/mol. The number of carbonyl (C=O) groups is 1. The molecule has 3 aromatic rings. The topological polar surface area (TPSA) is 50.2 Å². The van der Waals surface area contributed by atoms with Crippen LogP contribution in [0.25, 0.3) is 22.2 Å². The van der Waals surface area contributed by atoms with Crippen molar-refractivity contribution < 1.29 is 4.79 Å². The molecule has 4 rings (SSSR count). The van der Waals surface area contributed by atoms with E-state index in [1.807, 2.05) is 41.1 Å². The molecule has 1 fully saturated rings. The zero-order chi connectivity index (χ0) is 22.2. The number of rotatable bonds is 9. The lowest BCUT2D eigenvalue weighted by molar-refractivity contribution is -0.121. The first-order chi connectivity index (χ1) is 15.7. The van der Waals surface area contributed by atoms with Crippen LogP contribution in [0.4, 0.5) is 0 Å². The second-order valence-corrected chi connectivity index (χ2v) is 9.10. The molecule has 6 heteroatoms. The SMILES string of the molecule is O=C(CCCn1nc(-c2ccccc2)c2cc(Cl)ccc21)NCCCN1CCCCCC1. The number of nitrogens with zero attached hydrogens (tertiary/aromatic N) is 3. The number of aryl methyl sites for hydroxylation is 1. The zero-order valence-electron chi connectivity index (χ0n) is 18.7. The van der Waals surface area contributed by atoms with Gasteiger partial charge in [-0.05, 0) is 63.5 Å². The van der Waals surface area contributed by atoms with Gasteiger partial charge in [-0.2, -0.15) is 5.10 Å². The van der Waals surface area contributed by atoms with Crippen molar-refractivity contribution in [3.8, 4) is 11.3 Å². The third-order valence-electron chi connectivity index (χ3n) is 6.21. The van der Waals surface area contributed by atoms with E-state index < -0.39 is 0 Å². The number of hydrogen-bond donors (Lipinski definition) is 1. The molecule has 32 heavy (non-hydrogen) atoms. The highest BCUT2D eigenvalue weighted by Crippen LogP contribution is 2.30. The number of benzene rings is 2. The summed E-state index contributed by atoms with van der Waals surface area (Å²) >= 11 is 6.26. The molecule has 0 aliphatic carbocycles. The Morgan fingerprint density at radius 3 is 2.53 bits per heavy atom. The molecule has 0 atom stereocenters. The normalized spacial score (nSPS) is 15.0. The monoisotopic (exact) mass is 452 g/mol.